The van der Waals surface area contributed by atoms with Crippen molar-refractivity contribution in [1.29, 1.82) is 0 Å². The highest BCUT2D eigenvalue weighted by Gasteiger charge is 2.13. The number of fused-ring (bicyclic) bond motifs is 3. The van der Waals surface area contributed by atoms with Gasteiger partial charge in [0.1, 0.15) is 5.15 Å². The molecule has 4 rings (SSSR count). The second-order valence-electron chi connectivity index (χ2n) is 4.59. The van der Waals surface area contributed by atoms with Crippen LogP contribution in [0.15, 0.2) is 54.9 Å². The average molecular weight is 280 g/mol. The van der Waals surface area contributed by atoms with E-state index in [0.29, 0.717) is 5.15 Å². The number of hydrogen-bond donors (Lipinski definition) is 1. The van der Waals surface area contributed by atoms with Gasteiger partial charge in [0.25, 0.3) is 0 Å². The zero-order chi connectivity index (χ0) is 13.5. The molecule has 3 heterocycles. The van der Waals surface area contributed by atoms with Gasteiger partial charge in [0.05, 0.1) is 16.7 Å². The highest BCUT2D eigenvalue weighted by Crippen LogP contribution is 2.33. The van der Waals surface area contributed by atoms with E-state index in [1.54, 1.807) is 6.20 Å². The molecule has 1 N–H and O–H groups in total. The fraction of sp³-hybridized carbons (Fsp3) is 0. The number of nitrogens with zero attached hydrogens (tertiary/aromatic N) is 2. The summed E-state index contributed by atoms with van der Waals surface area (Å²) in [5.74, 6) is 0. The van der Waals surface area contributed by atoms with Crippen LogP contribution in [-0.4, -0.2) is 15.0 Å². The quantitative estimate of drug-likeness (QED) is 0.524. The molecule has 0 fully saturated rings. The maximum Gasteiger partial charge on any atom is 0.138 e. The number of aromatic amines is 1. The number of nitrogens with one attached hydrogen (secondary N) is 1. The highest BCUT2D eigenvalue weighted by atomic mass is 35.5. The number of rotatable bonds is 1. The molecule has 0 bridgehead atoms. The predicted octanol–water partition coefficient (Wildman–Crippen LogP) is 4.43. The summed E-state index contributed by atoms with van der Waals surface area (Å²) in [6, 6.07) is 14.0. The van der Waals surface area contributed by atoms with Crippen LogP contribution in [0.4, 0.5) is 0 Å². The molecular formula is C16H10ClN3. The molecule has 1 aromatic carbocycles. The van der Waals surface area contributed by atoms with Crippen molar-refractivity contribution in [3.63, 3.8) is 0 Å². The molecule has 4 heteroatoms. The lowest BCUT2D eigenvalue weighted by Gasteiger charge is -2.07. The van der Waals surface area contributed by atoms with E-state index in [4.69, 9.17) is 16.6 Å². The maximum absolute atomic E-state index is 6.21. The molecule has 0 spiro atoms. The Hall–Kier alpha value is -2.39. The number of hydrogen-bond acceptors (Lipinski definition) is 2. The first kappa shape index (κ1) is 11.4. The third kappa shape index (κ3) is 1.60. The van der Waals surface area contributed by atoms with E-state index < -0.39 is 0 Å². The van der Waals surface area contributed by atoms with Crippen molar-refractivity contribution >= 4 is 33.4 Å². The maximum atomic E-state index is 6.21. The van der Waals surface area contributed by atoms with Gasteiger partial charge in [-0.25, -0.2) is 9.97 Å². The first-order valence-corrected chi connectivity index (χ1v) is 6.69. The van der Waals surface area contributed by atoms with Gasteiger partial charge in [-0.2, -0.15) is 0 Å². The lowest BCUT2D eigenvalue weighted by atomic mass is 10.1. The normalized spacial score (nSPS) is 11.2. The molecule has 20 heavy (non-hydrogen) atoms. The molecule has 3 nitrogen and oxygen atoms in total. The van der Waals surface area contributed by atoms with Gasteiger partial charge in [-0.15, -0.1) is 0 Å². The molecule has 0 saturated heterocycles. The molecule has 0 atom stereocenters. The highest BCUT2D eigenvalue weighted by molar-refractivity contribution is 6.32. The van der Waals surface area contributed by atoms with E-state index in [0.717, 1.165) is 33.1 Å². The van der Waals surface area contributed by atoms with E-state index >= 15 is 0 Å². The zero-order valence-corrected chi connectivity index (χ0v) is 11.2. The first-order valence-electron chi connectivity index (χ1n) is 6.31. The van der Waals surface area contributed by atoms with Crippen LogP contribution < -0.4 is 0 Å². The largest absolute Gasteiger partial charge is 0.359 e. The van der Waals surface area contributed by atoms with E-state index in [2.05, 4.69) is 22.1 Å². The molecule has 0 aliphatic rings. The zero-order valence-electron chi connectivity index (χ0n) is 10.5. The van der Waals surface area contributed by atoms with Crippen molar-refractivity contribution in [1.82, 2.24) is 15.0 Å². The van der Waals surface area contributed by atoms with Crippen molar-refractivity contribution in [2.24, 2.45) is 0 Å². The minimum atomic E-state index is 0.464. The fourth-order valence-corrected chi connectivity index (χ4v) is 2.73. The van der Waals surface area contributed by atoms with Crippen LogP contribution in [0.2, 0.25) is 5.15 Å². The lowest BCUT2D eigenvalue weighted by Crippen LogP contribution is -1.90. The number of halogens is 1. The minimum absolute atomic E-state index is 0.464. The number of para-hydroxylation sites is 1. The van der Waals surface area contributed by atoms with Gasteiger partial charge in [-0.3, -0.25) is 0 Å². The summed E-state index contributed by atoms with van der Waals surface area (Å²) in [6.45, 7) is 0. The summed E-state index contributed by atoms with van der Waals surface area (Å²) < 4.78 is 0. The van der Waals surface area contributed by atoms with Gasteiger partial charge in [-0.05, 0) is 24.3 Å². The van der Waals surface area contributed by atoms with Gasteiger partial charge in [0.15, 0.2) is 0 Å². The Morgan fingerprint density at radius 2 is 1.85 bits per heavy atom. The molecule has 96 valence electrons. The summed E-state index contributed by atoms with van der Waals surface area (Å²) in [7, 11) is 0. The van der Waals surface area contributed by atoms with Crippen molar-refractivity contribution < 1.29 is 0 Å². The minimum Gasteiger partial charge on any atom is -0.359 e. The topological polar surface area (TPSA) is 41.6 Å². The van der Waals surface area contributed by atoms with Crippen molar-refractivity contribution in [3.8, 4) is 11.3 Å². The molecule has 3 aromatic heterocycles. The summed E-state index contributed by atoms with van der Waals surface area (Å²) in [6.07, 6.45) is 3.60. The van der Waals surface area contributed by atoms with E-state index in [1.807, 2.05) is 36.5 Å². The number of pyridine rings is 2. The number of aromatic nitrogens is 3. The molecule has 0 radical (unpaired) electrons. The number of H-pyrrole nitrogens is 1. The van der Waals surface area contributed by atoms with E-state index in [1.165, 1.54) is 0 Å². The van der Waals surface area contributed by atoms with Crippen molar-refractivity contribution in [2.75, 3.05) is 0 Å². The molecular weight excluding hydrogens is 270 g/mol. The molecule has 4 aromatic rings. The Bertz CT molecular complexity index is 927. The Kier molecular flexibility index (Phi) is 2.47. The Morgan fingerprint density at radius 3 is 2.75 bits per heavy atom. The molecule has 0 aliphatic carbocycles. The van der Waals surface area contributed by atoms with Gasteiger partial charge >= 0.3 is 0 Å². The first-order chi connectivity index (χ1) is 9.84. The van der Waals surface area contributed by atoms with Crippen LogP contribution in [0.3, 0.4) is 0 Å². The smallest absolute Gasteiger partial charge is 0.138 e. The van der Waals surface area contributed by atoms with Crippen LogP contribution in [-0.2, 0) is 0 Å². The fourth-order valence-electron chi connectivity index (χ4n) is 2.52. The van der Waals surface area contributed by atoms with Crippen LogP contribution >= 0.6 is 11.6 Å². The third-order valence-electron chi connectivity index (χ3n) is 3.42. The van der Waals surface area contributed by atoms with Crippen LogP contribution in [0.1, 0.15) is 0 Å². The second kappa shape index (κ2) is 4.32. The van der Waals surface area contributed by atoms with E-state index in [9.17, 15) is 0 Å². The monoisotopic (exact) mass is 279 g/mol. The lowest BCUT2D eigenvalue weighted by molar-refractivity contribution is 1.30. The summed E-state index contributed by atoms with van der Waals surface area (Å²) in [5.41, 5.74) is 3.61. The number of benzene rings is 1. The van der Waals surface area contributed by atoms with Crippen LogP contribution in [0, 0.1) is 0 Å². The van der Waals surface area contributed by atoms with Gasteiger partial charge in [0.2, 0.25) is 0 Å². The SMILES string of the molecule is Clc1ncccc1-c1nc2ccccc2c2cc[nH]c12. The summed E-state index contributed by atoms with van der Waals surface area (Å²) in [4.78, 5) is 12.1. The standard InChI is InChI=1S/C16H10ClN3/c17-16-12(5-3-8-19-16)15-14-11(7-9-18-14)10-4-1-2-6-13(10)20-15/h1-9,18H. The summed E-state index contributed by atoms with van der Waals surface area (Å²) in [5, 5.41) is 2.74. The Morgan fingerprint density at radius 1 is 0.950 bits per heavy atom. The van der Waals surface area contributed by atoms with Crippen molar-refractivity contribution in [2.45, 2.75) is 0 Å². The second-order valence-corrected chi connectivity index (χ2v) is 4.94. The van der Waals surface area contributed by atoms with Crippen molar-refractivity contribution in [3.05, 3.63) is 60.0 Å². The van der Waals surface area contributed by atoms with Crippen LogP contribution in [0.5, 0.6) is 0 Å². The Balaban J connectivity index is 2.17. The Labute approximate surface area is 120 Å². The third-order valence-corrected chi connectivity index (χ3v) is 3.73. The average Bonchev–Trinajstić information content (AvgIpc) is 2.97. The van der Waals surface area contributed by atoms with Gasteiger partial charge in [-0.1, -0.05) is 29.8 Å². The van der Waals surface area contributed by atoms with Gasteiger partial charge in [0, 0.05) is 28.7 Å². The molecule has 0 amide bonds. The van der Waals surface area contributed by atoms with E-state index in [-0.39, 0.29) is 0 Å². The molecule has 0 aliphatic heterocycles. The van der Waals surface area contributed by atoms with Crippen LogP contribution in [0.25, 0.3) is 33.1 Å². The molecule has 0 saturated carbocycles. The predicted molar refractivity (Wildman–Crippen MR) is 81.8 cm³/mol. The molecule has 0 unspecified atom stereocenters. The summed E-state index contributed by atoms with van der Waals surface area (Å²) >= 11 is 6.21. The van der Waals surface area contributed by atoms with Gasteiger partial charge < -0.3 is 4.98 Å².